The molecule has 2 aromatic rings. The van der Waals surface area contributed by atoms with Gasteiger partial charge >= 0.3 is 0 Å². The van der Waals surface area contributed by atoms with E-state index in [2.05, 4.69) is 43.0 Å². The average Bonchev–Trinajstić information content (AvgIpc) is 3.33. The molecule has 1 aromatic heterocycles. The Labute approximate surface area is 183 Å². The van der Waals surface area contributed by atoms with Crippen molar-refractivity contribution in [3.05, 3.63) is 35.9 Å². The smallest absolute Gasteiger partial charge is 0.229 e. The first-order chi connectivity index (χ1) is 15.3. The van der Waals surface area contributed by atoms with E-state index in [0.717, 1.165) is 25.0 Å². The lowest BCUT2D eigenvalue weighted by atomic mass is 10.2. The highest BCUT2D eigenvalue weighted by Crippen LogP contribution is 2.14. The molecule has 1 aliphatic heterocycles. The van der Waals surface area contributed by atoms with Gasteiger partial charge in [0.25, 0.3) is 0 Å². The lowest BCUT2D eigenvalue weighted by Gasteiger charge is -2.13. The molecule has 0 amide bonds. The molecule has 0 spiro atoms. The van der Waals surface area contributed by atoms with Gasteiger partial charge in [-0.15, -0.1) is 0 Å². The maximum absolute atomic E-state index is 5.67. The lowest BCUT2D eigenvalue weighted by molar-refractivity contribution is 0.0547. The van der Waals surface area contributed by atoms with Crippen molar-refractivity contribution in [1.29, 1.82) is 0 Å². The van der Waals surface area contributed by atoms with Crippen LogP contribution in [0.15, 0.2) is 30.3 Å². The number of benzene rings is 1. The fourth-order valence-corrected chi connectivity index (χ4v) is 3.04. The van der Waals surface area contributed by atoms with Gasteiger partial charge in [-0.25, -0.2) is 0 Å². The Bertz CT molecular complexity index is 745. The van der Waals surface area contributed by atoms with Crippen LogP contribution < -0.4 is 21.7 Å². The minimum Gasteiger partial charge on any atom is -0.378 e. The van der Waals surface area contributed by atoms with Crippen LogP contribution in [0.1, 0.15) is 18.4 Å². The SMILES string of the molecule is NCCOCCOCCNc1nc(NCc2ccccc2)nc(NCC2CCCO2)n1. The third-order valence-corrected chi connectivity index (χ3v) is 4.60. The van der Waals surface area contributed by atoms with Crippen LogP contribution in [0.4, 0.5) is 17.8 Å². The Morgan fingerprint density at radius 3 is 2.32 bits per heavy atom. The first-order valence-electron chi connectivity index (χ1n) is 10.8. The third kappa shape index (κ3) is 9.01. The van der Waals surface area contributed by atoms with Crippen molar-refractivity contribution in [1.82, 2.24) is 15.0 Å². The van der Waals surface area contributed by atoms with Gasteiger partial charge in [0.1, 0.15) is 0 Å². The largest absolute Gasteiger partial charge is 0.378 e. The van der Waals surface area contributed by atoms with Crippen LogP contribution in [0.2, 0.25) is 0 Å². The van der Waals surface area contributed by atoms with Crippen LogP contribution in [0, 0.1) is 0 Å². The molecule has 10 nitrogen and oxygen atoms in total. The van der Waals surface area contributed by atoms with Gasteiger partial charge in [-0.3, -0.25) is 0 Å². The molecule has 1 aliphatic rings. The van der Waals surface area contributed by atoms with Crippen LogP contribution >= 0.6 is 0 Å². The first kappa shape index (κ1) is 23.1. The van der Waals surface area contributed by atoms with E-state index in [9.17, 15) is 0 Å². The summed E-state index contributed by atoms with van der Waals surface area (Å²) in [5.74, 6) is 1.51. The van der Waals surface area contributed by atoms with Gasteiger partial charge in [0.15, 0.2) is 0 Å². The van der Waals surface area contributed by atoms with Gasteiger partial charge in [0.2, 0.25) is 17.8 Å². The number of ether oxygens (including phenoxy) is 3. The number of nitrogens with zero attached hydrogens (tertiary/aromatic N) is 3. The maximum Gasteiger partial charge on any atom is 0.229 e. The van der Waals surface area contributed by atoms with Crippen LogP contribution in [0.3, 0.4) is 0 Å². The molecule has 1 aromatic carbocycles. The van der Waals surface area contributed by atoms with Crippen molar-refractivity contribution in [3.8, 4) is 0 Å². The van der Waals surface area contributed by atoms with E-state index in [-0.39, 0.29) is 6.10 Å². The van der Waals surface area contributed by atoms with Gasteiger partial charge in [0, 0.05) is 32.8 Å². The molecule has 0 radical (unpaired) electrons. The quantitative estimate of drug-likeness (QED) is 0.308. The highest BCUT2D eigenvalue weighted by molar-refractivity contribution is 5.42. The number of anilines is 3. The molecule has 31 heavy (non-hydrogen) atoms. The molecular formula is C21H33N7O3. The molecule has 1 fully saturated rings. The summed E-state index contributed by atoms with van der Waals surface area (Å²) >= 11 is 0. The molecule has 1 unspecified atom stereocenters. The second-order valence-electron chi connectivity index (χ2n) is 7.10. The minimum absolute atomic E-state index is 0.198. The van der Waals surface area contributed by atoms with Crippen LogP contribution in [0.25, 0.3) is 0 Å². The van der Waals surface area contributed by atoms with Crippen LogP contribution in [-0.4, -0.2) is 73.7 Å². The zero-order chi connectivity index (χ0) is 21.6. The number of nitrogens with one attached hydrogen (secondary N) is 3. The molecule has 0 saturated carbocycles. The summed E-state index contributed by atoms with van der Waals surface area (Å²) in [4.78, 5) is 13.4. The predicted molar refractivity (Wildman–Crippen MR) is 120 cm³/mol. The molecule has 0 aliphatic carbocycles. The number of hydrogen-bond acceptors (Lipinski definition) is 10. The van der Waals surface area contributed by atoms with Gasteiger partial charge in [-0.2, -0.15) is 15.0 Å². The number of hydrogen-bond donors (Lipinski definition) is 4. The standard InChI is InChI=1S/C21H33N7O3/c22-8-11-29-13-14-30-12-9-23-19-26-20(24-15-17-5-2-1-3-6-17)28-21(27-19)25-16-18-7-4-10-31-18/h1-3,5-6,18H,4,7-16,22H2,(H3,23,24,25,26,27,28). The zero-order valence-electron chi connectivity index (χ0n) is 17.9. The summed E-state index contributed by atoms with van der Waals surface area (Å²) < 4.78 is 16.5. The summed E-state index contributed by atoms with van der Waals surface area (Å²) in [6, 6.07) is 10.1. The average molecular weight is 432 g/mol. The zero-order valence-corrected chi connectivity index (χ0v) is 17.9. The van der Waals surface area contributed by atoms with Gasteiger partial charge in [0.05, 0.1) is 32.5 Å². The molecule has 170 valence electrons. The van der Waals surface area contributed by atoms with E-state index in [4.69, 9.17) is 19.9 Å². The lowest BCUT2D eigenvalue weighted by Crippen LogP contribution is -2.21. The van der Waals surface area contributed by atoms with Crippen molar-refractivity contribution in [2.45, 2.75) is 25.5 Å². The minimum atomic E-state index is 0.198. The molecular weight excluding hydrogens is 398 g/mol. The fraction of sp³-hybridized carbons (Fsp3) is 0.571. The highest BCUT2D eigenvalue weighted by Gasteiger charge is 2.16. The second-order valence-corrected chi connectivity index (χ2v) is 7.10. The maximum atomic E-state index is 5.67. The number of rotatable bonds is 15. The number of nitrogens with two attached hydrogens (primary N) is 1. The Balaban J connectivity index is 1.51. The monoisotopic (exact) mass is 431 g/mol. The first-order valence-corrected chi connectivity index (χ1v) is 10.8. The molecule has 1 saturated heterocycles. The van der Waals surface area contributed by atoms with Crippen molar-refractivity contribution >= 4 is 17.8 Å². The Morgan fingerprint density at radius 2 is 1.61 bits per heavy atom. The topological polar surface area (TPSA) is 128 Å². The Morgan fingerprint density at radius 1 is 0.903 bits per heavy atom. The number of aromatic nitrogens is 3. The summed E-state index contributed by atoms with van der Waals surface area (Å²) in [5, 5.41) is 9.73. The third-order valence-electron chi connectivity index (χ3n) is 4.60. The molecule has 1 atom stereocenters. The van der Waals surface area contributed by atoms with Crippen molar-refractivity contribution < 1.29 is 14.2 Å². The van der Waals surface area contributed by atoms with E-state index in [1.165, 1.54) is 0 Å². The van der Waals surface area contributed by atoms with Gasteiger partial charge < -0.3 is 35.9 Å². The van der Waals surface area contributed by atoms with Crippen LogP contribution in [0.5, 0.6) is 0 Å². The Kier molecular flexibility index (Phi) is 10.2. The van der Waals surface area contributed by atoms with E-state index in [0.29, 0.717) is 70.5 Å². The van der Waals surface area contributed by atoms with E-state index in [1.54, 1.807) is 0 Å². The molecule has 3 rings (SSSR count). The second kappa shape index (κ2) is 13.7. The van der Waals surface area contributed by atoms with Gasteiger partial charge in [-0.1, -0.05) is 30.3 Å². The van der Waals surface area contributed by atoms with Crippen molar-refractivity contribution in [3.63, 3.8) is 0 Å². The molecule has 10 heteroatoms. The Hall–Kier alpha value is -2.53. The summed E-state index contributed by atoms with van der Waals surface area (Å²) in [6.45, 7) is 5.34. The normalized spacial score (nSPS) is 15.7. The summed E-state index contributed by atoms with van der Waals surface area (Å²) in [7, 11) is 0. The van der Waals surface area contributed by atoms with E-state index in [1.807, 2.05) is 18.2 Å². The predicted octanol–water partition coefficient (Wildman–Crippen LogP) is 1.48. The molecule has 5 N–H and O–H groups in total. The molecule has 0 bridgehead atoms. The summed E-state index contributed by atoms with van der Waals surface area (Å²) in [6.07, 6.45) is 2.34. The van der Waals surface area contributed by atoms with Gasteiger partial charge in [-0.05, 0) is 18.4 Å². The van der Waals surface area contributed by atoms with E-state index < -0.39 is 0 Å². The fourth-order valence-electron chi connectivity index (χ4n) is 3.04. The van der Waals surface area contributed by atoms with E-state index >= 15 is 0 Å². The highest BCUT2D eigenvalue weighted by atomic mass is 16.5. The summed E-state index contributed by atoms with van der Waals surface area (Å²) in [5.41, 5.74) is 6.53. The van der Waals surface area contributed by atoms with Crippen LogP contribution in [-0.2, 0) is 20.8 Å². The molecule has 2 heterocycles. The van der Waals surface area contributed by atoms with Crippen molar-refractivity contribution in [2.24, 2.45) is 5.73 Å². The van der Waals surface area contributed by atoms with Crippen molar-refractivity contribution in [2.75, 3.05) is 68.6 Å².